The van der Waals surface area contributed by atoms with Crippen LogP contribution in [0.5, 0.6) is 0 Å². The molecule has 1 atom stereocenters. The van der Waals surface area contributed by atoms with Crippen LogP contribution in [0.4, 0.5) is 22.5 Å². The van der Waals surface area contributed by atoms with Gasteiger partial charge in [-0.25, -0.2) is 19.7 Å². The molecule has 12 heteroatoms. The summed E-state index contributed by atoms with van der Waals surface area (Å²) in [5, 5.41) is 19.0. The van der Waals surface area contributed by atoms with Crippen LogP contribution in [0, 0.1) is 23.7 Å². The number of ether oxygens (including phenoxy) is 1. The Labute approximate surface area is 241 Å². The second-order valence-electron chi connectivity index (χ2n) is 9.17. The molecule has 1 aliphatic heterocycles. The fourth-order valence-electron chi connectivity index (χ4n) is 3.99. The first-order valence-electron chi connectivity index (χ1n) is 12.9. The molecule has 0 saturated carbocycles. The third kappa shape index (κ3) is 8.37. The molecule has 3 aromatic rings. The summed E-state index contributed by atoms with van der Waals surface area (Å²) >= 11 is 3.35. The van der Waals surface area contributed by atoms with Gasteiger partial charge >= 0.3 is 6.03 Å². The van der Waals surface area contributed by atoms with E-state index in [0.29, 0.717) is 75.3 Å². The Balaban J connectivity index is 1.41. The molecule has 4 rings (SSSR count). The van der Waals surface area contributed by atoms with Crippen molar-refractivity contribution in [2.24, 2.45) is 0 Å². The summed E-state index contributed by atoms with van der Waals surface area (Å²) in [6, 6.07) is 11.6. The van der Waals surface area contributed by atoms with Crippen molar-refractivity contribution in [2.45, 2.75) is 44.3 Å². The summed E-state index contributed by atoms with van der Waals surface area (Å²) in [7, 11) is 0. The van der Waals surface area contributed by atoms with Gasteiger partial charge in [0.1, 0.15) is 17.5 Å². The van der Waals surface area contributed by atoms with E-state index in [1.165, 1.54) is 11.1 Å². The van der Waals surface area contributed by atoms with Gasteiger partial charge in [0, 0.05) is 37.9 Å². The van der Waals surface area contributed by atoms with Gasteiger partial charge in [0.05, 0.1) is 29.9 Å². The Morgan fingerprint density at radius 3 is 2.62 bits per heavy atom. The van der Waals surface area contributed by atoms with Gasteiger partial charge in [-0.05, 0) is 40.8 Å². The van der Waals surface area contributed by atoms with Gasteiger partial charge in [-0.2, -0.15) is 10.2 Å². The van der Waals surface area contributed by atoms with Crippen LogP contribution in [-0.2, 0) is 11.3 Å². The number of benzene rings is 1. The average Bonchev–Trinajstić information content (AvgIpc) is 2.96. The number of halogens is 1. The number of hydrogen-bond acceptors (Lipinski definition) is 9. The van der Waals surface area contributed by atoms with Crippen molar-refractivity contribution >= 4 is 39.7 Å². The highest BCUT2D eigenvalue weighted by atomic mass is 79.9. The molecule has 3 N–H and O–H groups in total. The zero-order chi connectivity index (χ0) is 28.2. The minimum Gasteiger partial charge on any atom is -0.377 e. The lowest BCUT2D eigenvalue weighted by Gasteiger charge is -2.28. The van der Waals surface area contributed by atoms with Crippen molar-refractivity contribution in [1.29, 1.82) is 5.26 Å². The minimum atomic E-state index is -0.287. The molecular weight excluding hydrogens is 574 g/mol. The van der Waals surface area contributed by atoms with Gasteiger partial charge in [0.25, 0.3) is 0 Å². The standard InChI is InChI=1S/C28H30BrN9O2/c1-2-3-10-23(36-26-31-15-21(13-30)25(37-26)35-24-18-40-19-24)11-7-12-38(27-32-16-22(29)17-33-27)28(39)34-14-20-8-5-4-6-9-20/h1,4-6,8-9,15-17,23-24H,3,7,10-12,14,18-19H2,(H,34,39)(H2,31,35,36,37)/t23-/m1/s1. The average molecular weight is 605 g/mol. The summed E-state index contributed by atoms with van der Waals surface area (Å²) in [6.45, 7) is 1.91. The molecule has 0 bridgehead atoms. The summed E-state index contributed by atoms with van der Waals surface area (Å²) in [4.78, 5) is 32.2. The maximum Gasteiger partial charge on any atom is 0.324 e. The fraction of sp³-hybridized carbons (Fsp3) is 0.357. The monoisotopic (exact) mass is 603 g/mol. The molecule has 1 aliphatic rings. The maximum atomic E-state index is 13.2. The van der Waals surface area contributed by atoms with Crippen molar-refractivity contribution in [3.63, 3.8) is 0 Å². The largest absolute Gasteiger partial charge is 0.377 e. The number of urea groups is 1. The third-order valence-electron chi connectivity index (χ3n) is 6.17. The van der Waals surface area contributed by atoms with Crippen LogP contribution >= 0.6 is 15.9 Å². The molecule has 0 aliphatic carbocycles. The Morgan fingerprint density at radius 2 is 1.95 bits per heavy atom. The number of amides is 2. The van der Waals surface area contributed by atoms with Gasteiger partial charge < -0.3 is 20.7 Å². The lowest BCUT2D eigenvalue weighted by atomic mass is 10.1. The van der Waals surface area contributed by atoms with E-state index in [0.717, 1.165) is 10.0 Å². The summed E-state index contributed by atoms with van der Waals surface area (Å²) in [6.07, 6.45) is 12.8. The quantitative estimate of drug-likeness (QED) is 0.246. The molecular formula is C28H30BrN9O2. The highest BCUT2D eigenvalue weighted by Gasteiger charge is 2.22. The second-order valence-corrected chi connectivity index (χ2v) is 10.1. The number of carbonyl (C=O) groups is 1. The highest BCUT2D eigenvalue weighted by molar-refractivity contribution is 9.10. The van der Waals surface area contributed by atoms with E-state index in [1.54, 1.807) is 12.4 Å². The van der Waals surface area contributed by atoms with E-state index >= 15 is 0 Å². The van der Waals surface area contributed by atoms with Crippen LogP contribution in [0.2, 0.25) is 0 Å². The number of carbonyl (C=O) groups excluding carboxylic acids is 1. The number of nitrogens with zero attached hydrogens (tertiary/aromatic N) is 6. The van der Waals surface area contributed by atoms with Crippen LogP contribution in [0.15, 0.2) is 53.4 Å². The number of hydrogen-bond donors (Lipinski definition) is 3. The van der Waals surface area contributed by atoms with Crippen molar-refractivity contribution in [1.82, 2.24) is 25.3 Å². The first-order chi connectivity index (χ1) is 19.6. The molecule has 11 nitrogen and oxygen atoms in total. The van der Waals surface area contributed by atoms with Crippen molar-refractivity contribution in [2.75, 3.05) is 35.3 Å². The normalized spacial score (nSPS) is 13.3. The second kappa shape index (κ2) is 14.8. The molecule has 3 heterocycles. The summed E-state index contributed by atoms with van der Waals surface area (Å²) < 4.78 is 5.93. The Hall–Kier alpha value is -4.26. The van der Waals surface area contributed by atoms with Crippen LogP contribution < -0.4 is 20.9 Å². The molecule has 0 unspecified atom stereocenters. The van der Waals surface area contributed by atoms with E-state index < -0.39 is 0 Å². The molecule has 0 radical (unpaired) electrons. The lowest BCUT2D eigenvalue weighted by Crippen LogP contribution is -2.41. The molecule has 40 heavy (non-hydrogen) atoms. The lowest BCUT2D eigenvalue weighted by molar-refractivity contribution is 0.0209. The highest BCUT2D eigenvalue weighted by Crippen LogP contribution is 2.19. The van der Waals surface area contributed by atoms with E-state index in [9.17, 15) is 10.1 Å². The zero-order valence-corrected chi connectivity index (χ0v) is 23.5. The maximum absolute atomic E-state index is 13.2. The molecule has 1 aromatic carbocycles. The number of nitriles is 1. The van der Waals surface area contributed by atoms with Crippen LogP contribution in [0.25, 0.3) is 0 Å². The van der Waals surface area contributed by atoms with Crippen LogP contribution in [-0.4, -0.2) is 57.8 Å². The Morgan fingerprint density at radius 1 is 1.18 bits per heavy atom. The third-order valence-corrected chi connectivity index (χ3v) is 6.58. The van der Waals surface area contributed by atoms with Gasteiger partial charge in [0.15, 0.2) is 0 Å². The summed E-state index contributed by atoms with van der Waals surface area (Å²) in [5.74, 6) is 3.87. The van der Waals surface area contributed by atoms with E-state index in [-0.39, 0.29) is 18.1 Å². The first-order valence-corrected chi connectivity index (χ1v) is 13.7. The number of aromatic nitrogens is 4. The SMILES string of the molecule is C#CCC[C@H](CCCN(C(=O)NCc1ccccc1)c1ncc(Br)cn1)Nc1ncc(C#N)c(NC2COC2)n1. The predicted octanol–water partition coefficient (Wildman–Crippen LogP) is 4.10. The molecule has 2 amide bonds. The Kier molecular flexibility index (Phi) is 10.6. The van der Waals surface area contributed by atoms with Gasteiger partial charge in [-0.1, -0.05) is 30.3 Å². The topological polar surface area (TPSA) is 141 Å². The molecule has 2 aromatic heterocycles. The van der Waals surface area contributed by atoms with Crippen molar-refractivity contribution in [3.05, 3.63) is 64.5 Å². The first kappa shape index (κ1) is 28.7. The Bertz CT molecular complexity index is 1340. The van der Waals surface area contributed by atoms with E-state index in [1.807, 2.05) is 30.3 Å². The minimum absolute atomic E-state index is 0.0519. The van der Waals surface area contributed by atoms with E-state index in [4.69, 9.17) is 11.2 Å². The number of nitrogens with one attached hydrogen (secondary N) is 3. The van der Waals surface area contributed by atoms with Gasteiger partial charge in [-0.15, -0.1) is 12.3 Å². The number of terminal acetylenes is 1. The van der Waals surface area contributed by atoms with Crippen molar-refractivity contribution in [3.8, 4) is 18.4 Å². The van der Waals surface area contributed by atoms with Gasteiger partial charge in [0.2, 0.25) is 11.9 Å². The van der Waals surface area contributed by atoms with Crippen LogP contribution in [0.1, 0.15) is 36.8 Å². The molecule has 1 saturated heterocycles. The van der Waals surface area contributed by atoms with Crippen molar-refractivity contribution < 1.29 is 9.53 Å². The number of rotatable bonds is 13. The predicted molar refractivity (Wildman–Crippen MR) is 155 cm³/mol. The van der Waals surface area contributed by atoms with E-state index in [2.05, 4.69) is 63.8 Å². The summed E-state index contributed by atoms with van der Waals surface area (Å²) in [5.41, 5.74) is 1.36. The molecule has 206 valence electrons. The fourth-order valence-corrected chi connectivity index (χ4v) is 4.19. The van der Waals surface area contributed by atoms with Gasteiger partial charge in [-0.3, -0.25) is 4.90 Å². The smallest absolute Gasteiger partial charge is 0.324 e. The zero-order valence-electron chi connectivity index (χ0n) is 21.9. The van der Waals surface area contributed by atoms with Crippen LogP contribution in [0.3, 0.4) is 0 Å². The molecule has 1 fully saturated rings. The molecule has 0 spiro atoms. The number of anilines is 3.